The number of carbonyl (C=O) groups is 2. The summed E-state index contributed by atoms with van der Waals surface area (Å²) in [5.74, 6) is -1.25. The highest BCUT2D eigenvalue weighted by Crippen LogP contribution is 2.25. The molecule has 1 atom stereocenters. The first-order valence-electron chi connectivity index (χ1n) is 9.73. The minimum absolute atomic E-state index is 0.102. The lowest BCUT2D eigenvalue weighted by Gasteiger charge is -2.33. The molecule has 0 aliphatic carbocycles. The Morgan fingerprint density at radius 2 is 1.65 bits per heavy atom. The molecule has 172 valence electrons. The van der Waals surface area contributed by atoms with Crippen molar-refractivity contribution in [1.82, 2.24) is 0 Å². The van der Waals surface area contributed by atoms with Crippen LogP contribution in [0.25, 0.3) is 5.53 Å². The van der Waals surface area contributed by atoms with E-state index in [1.165, 1.54) is 0 Å². The maximum Gasteiger partial charge on any atom is 0.421 e. The van der Waals surface area contributed by atoms with Crippen LogP contribution < -0.4 is 4.74 Å². The standard InChI is InChI=1S/C21H32N2O7Si/c1-20(2,3)29-18(24)17(23-22)21(19(25)27-5,30-31(6,7)8)14-28-13-15-9-11-16(26-4)12-10-15/h9-12H,13-14H2,1-8H3. The first kappa shape index (κ1) is 26.5. The van der Waals surface area contributed by atoms with E-state index in [1.54, 1.807) is 52.1 Å². The maximum absolute atomic E-state index is 12.9. The second kappa shape index (κ2) is 10.7. The molecular formula is C21H32N2O7Si. The number of hydrogen-bond acceptors (Lipinski definition) is 7. The van der Waals surface area contributed by atoms with Crippen LogP contribution in [0.2, 0.25) is 19.6 Å². The Morgan fingerprint density at radius 3 is 2.06 bits per heavy atom. The second-order valence-electron chi connectivity index (χ2n) is 8.82. The summed E-state index contributed by atoms with van der Waals surface area (Å²) in [5, 5.41) is 0. The van der Waals surface area contributed by atoms with Gasteiger partial charge in [0, 0.05) is 0 Å². The molecule has 0 aromatic heterocycles. The molecule has 0 saturated heterocycles. The van der Waals surface area contributed by atoms with Crippen LogP contribution in [0, 0.1) is 0 Å². The van der Waals surface area contributed by atoms with Crippen molar-refractivity contribution in [3.63, 3.8) is 0 Å². The van der Waals surface area contributed by atoms with Gasteiger partial charge in [0.15, 0.2) is 8.32 Å². The van der Waals surface area contributed by atoms with Crippen molar-refractivity contribution in [2.45, 2.75) is 58.2 Å². The van der Waals surface area contributed by atoms with E-state index >= 15 is 0 Å². The molecule has 0 radical (unpaired) electrons. The van der Waals surface area contributed by atoms with Crippen molar-refractivity contribution >= 4 is 26.0 Å². The number of carbonyl (C=O) groups excluding carboxylic acids is 2. The van der Waals surface area contributed by atoms with Crippen LogP contribution >= 0.6 is 0 Å². The molecule has 0 N–H and O–H groups in total. The fourth-order valence-electron chi connectivity index (χ4n) is 2.68. The SMILES string of the molecule is COC(=O)C(COCc1ccc(OC)cc1)(O[Si](C)(C)C)C(=[N+]=[N-])C(=O)OC(C)(C)C. The zero-order chi connectivity index (χ0) is 23.9. The number of rotatable bonds is 10. The quantitative estimate of drug-likeness (QED) is 0.176. The summed E-state index contributed by atoms with van der Waals surface area (Å²) in [6.45, 7) is 10.1. The summed E-state index contributed by atoms with van der Waals surface area (Å²) in [4.78, 5) is 28.8. The van der Waals surface area contributed by atoms with Crippen LogP contribution in [0.1, 0.15) is 26.3 Å². The van der Waals surface area contributed by atoms with Crippen molar-refractivity contribution in [2.24, 2.45) is 0 Å². The van der Waals surface area contributed by atoms with Crippen LogP contribution in [0.15, 0.2) is 24.3 Å². The van der Waals surface area contributed by atoms with E-state index in [0.717, 1.165) is 12.7 Å². The van der Waals surface area contributed by atoms with Crippen molar-refractivity contribution in [3.05, 3.63) is 35.4 Å². The van der Waals surface area contributed by atoms with E-state index in [9.17, 15) is 15.1 Å². The fourth-order valence-corrected chi connectivity index (χ4v) is 3.96. The molecule has 0 fully saturated rings. The van der Waals surface area contributed by atoms with E-state index in [-0.39, 0.29) is 6.61 Å². The average Bonchev–Trinajstić information content (AvgIpc) is 2.65. The highest BCUT2D eigenvalue weighted by molar-refractivity contribution is 6.70. The average molecular weight is 453 g/mol. The number of nitrogens with zero attached hydrogens (tertiary/aromatic N) is 2. The Kier molecular flexibility index (Phi) is 9.13. The smallest absolute Gasteiger partial charge is 0.421 e. The minimum Gasteiger partial charge on any atom is -0.497 e. The van der Waals surface area contributed by atoms with Gasteiger partial charge in [-0.1, -0.05) is 12.1 Å². The van der Waals surface area contributed by atoms with Crippen molar-refractivity contribution in [3.8, 4) is 5.75 Å². The predicted octanol–water partition coefficient (Wildman–Crippen LogP) is 2.99. The Labute approximate surface area is 184 Å². The topological polar surface area (TPSA) is 117 Å². The third kappa shape index (κ3) is 7.91. The lowest BCUT2D eigenvalue weighted by atomic mass is 9.98. The Bertz CT molecular complexity index is 822. The normalized spacial score (nSPS) is 13.5. The molecule has 0 heterocycles. The van der Waals surface area contributed by atoms with Gasteiger partial charge in [0.05, 0.1) is 27.4 Å². The Balaban J connectivity index is 3.30. The molecule has 1 aromatic rings. The monoisotopic (exact) mass is 452 g/mol. The van der Waals surface area contributed by atoms with Crippen LogP contribution in [-0.4, -0.2) is 62.8 Å². The summed E-state index contributed by atoms with van der Waals surface area (Å²) < 4.78 is 27.2. The third-order valence-corrected chi connectivity index (χ3v) is 4.76. The van der Waals surface area contributed by atoms with Crippen LogP contribution in [0.4, 0.5) is 0 Å². The predicted molar refractivity (Wildman–Crippen MR) is 116 cm³/mol. The van der Waals surface area contributed by atoms with Gasteiger partial charge in [-0.3, -0.25) is 0 Å². The summed E-state index contributed by atoms with van der Waals surface area (Å²) in [7, 11) is 0.223. The van der Waals surface area contributed by atoms with Gasteiger partial charge >= 0.3 is 17.7 Å². The van der Waals surface area contributed by atoms with Gasteiger partial charge in [0.2, 0.25) is 0 Å². The van der Waals surface area contributed by atoms with Gasteiger partial charge in [0.25, 0.3) is 5.60 Å². The molecule has 0 spiro atoms. The minimum atomic E-state index is -2.49. The van der Waals surface area contributed by atoms with Crippen LogP contribution in [0.3, 0.4) is 0 Å². The van der Waals surface area contributed by atoms with E-state index in [0.29, 0.717) is 5.75 Å². The molecule has 31 heavy (non-hydrogen) atoms. The second-order valence-corrected chi connectivity index (χ2v) is 13.3. The van der Waals surface area contributed by atoms with E-state index in [1.807, 2.05) is 19.6 Å². The summed E-state index contributed by atoms with van der Waals surface area (Å²) in [6, 6.07) is 7.14. The first-order chi connectivity index (χ1) is 14.3. The molecule has 0 amide bonds. The van der Waals surface area contributed by atoms with Gasteiger partial charge < -0.3 is 28.9 Å². The van der Waals surface area contributed by atoms with Gasteiger partial charge in [-0.25, -0.2) is 9.59 Å². The Morgan fingerprint density at radius 1 is 1.06 bits per heavy atom. The van der Waals surface area contributed by atoms with E-state index < -0.39 is 43.8 Å². The molecule has 1 aromatic carbocycles. The van der Waals surface area contributed by atoms with Crippen molar-refractivity contribution < 1.29 is 37.8 Å². The lowest BCUT2D eigenvalue weighted by Crippen LogP contribution is -2.61. The maximum atomic E-state index is 12.9. The molecule has 9 nitrogen and oxygen atoms in total. The van der Waals surface area contributed by atoms with Gasteiger partial charge in [0.1, 0.15) is 11.4 Å². The van der Waals surface area contributed by atoms with Crippen molar-refractivity contribution in [2.75, 3.05) is 20.8 Å². The molecular weight excluding hydrogens is 420 g/mol. The van der Waals surface area contributed by atoms with Gasteiger partial charge in [-0.05, 0) is 58.1 Å². The largest absolute Gasteiger partial charge is 0.497 e. The third-order valence-electron chi connectivity index (χ3n) is 3.80. The number of methoxy groups -OCH3 is 2. The van der Waals surface area contributed by atoms with E-state index in [4.69, 9.17) is 23.4 Å². The zero-order valence-electron chi connectivity index (χ0n) is 19.5. The zero-order valence-corrected chi connectivity index (χ0v) is 20.5. The van der Waals surface area contributed by atoms with Crippen molar-refractivity contribution in [1.29, 1.82) is 0 Å². The highest BCUT2D eigenvalue weighted by Gasteiger charge is 2.59. The van der Waals surface area contributed by atoms with Crippen LogP contribution in [-0.2, 0) is 34.8 Å². The lowest BCUT2D eigenvalue weighted by molar-refractivity contribution is -0.169. The summed E-state index contributed by atoms with van der Waals surface area (Å²) >= 11 is 0. The molecule has 0 saturated carbocycles. The number of hydrogen-bond donors (Lipinski definition) is 0. The highest BCUT2D eigenvalue weighted by atomic mass is 28.4. The molecule has 0 aliphatic heterocycles. The van der Waals surface area contributed by atoms with Gasteiger partial charge in [-0.15, -0.1) is 0 Å². The number of benzene rings is 1. The fraction of sp³-hybridized carbons (Fsp3) is 0.571. The first-order valence-corrected chi connectivity index (χ1v) is 13.1. The van der Waals surface area contributed by atoms with E-state index in [2.05, 4.69) is 4.79 Å². The summed E-state index contributed by atoms with van der Waals surface area (Å²) in [6.07, 6.45) is 0. The Hall–Kier alpha value is -2.52. The molecule has 0 aliphatic rings. The molecule has 10 heteroatoms. The summed E-state index contributed by atoms with van der Waals surface area (Å²) in [5.41, 5.74) is 6.87. The molecule has 0 bridgehead atoms. The van der Waals surface area contributed by atoms with Gasteiger partial charge in [-0.2, -0.15) is 4.79 Å². The number of esters is 2. The molecule has 1 unspecified atom stereocenters. The number of ether oxygens (including phenoxy) is 4. The van der Waals surface area contributed by atoms with Crippen LogP contribution in [0.5, 0.6) is 5.75 Å². The molecule has 1 rings (SSSR count).